The normalized spacial score (nSPS) is 14.0. The fraction of sp³-hybridized carbons (Fsp3) is 0.647. The molecule has 4 heteroatoms. The lowest BCUT2D eigenvalue weighted by Crippen LogP contribution is -2.25. The monoisotopic (exact) mass is 289 g/mol. The van der Waals surface area contributed by atoms with E-state index in [4.69, 9.17) is 0 Å². The Morgan fingerprint density at radius 2 is 2.05 bits per heavy atom. The minimum Gasteiger partial charge on any atom is -0.370 e. The second-order valence-corrected chi connectivity index (χ2v) is 5.90. The minimum atomic E-state index is 0.0231. The molecule has 0 atom stereocenters. The average Bonchev–Trinajstić information content (AvgIpc) is 3.29. The third-order valence-corrected chi connectivity index (χ3v) is 3.74. The van der Waals surface area contributed by atoms with Gasteiger partial charge < -0.3 is 10.6 Å². The lowest BCUT2D eigenvalue weighted by Gasteiger charge is -2.10. The Bertz CT molecular complexity index is 469. The van der Waals surface area contributed by atoms with Crippen LogP contribution in [-0.4, -0.2) is 24.0 Å². The summed E-state index contributed by atoms with van der Waals surface area (Å²) in [6.07, 6.45) is 6.76. The van der Waals surface area contributed by atoms with Crippen LogP contribution in [0.2, 0.25) is 0 Å². The largest absolute Gasteiger partial charge is 0.370 e. The van der Waals surface area contributed by atoms with Crippen LogP contribution in [-0.2, 0) is 6.42 Å². The highest BCUT2D eigenvalue weighted by atomic mass is 16.1. The molecule has 1 fully saturated rings. The maximum absolute atomic E-state index is 12.3. The molecule has 1 heterocycles. The number of hydrogen-bond acceptors (Lipinski definition) is 3. The number of nitrogens with one attached hydrogen (secondary N) is 2. The van der Waals surface area contributed by atoms with Gasteiger partial charge in [-0.15, -0.1) is 0 Å². The number of aromatic nitrogens is 1. The zero-order valence-electron chi connectivity index (χ0n) is 13.2. The van der Waals surface area contributed by atoms with E-state index in [9.17, 15) is 4.79 Å². The number of hydrogen-bond donors (Lipinski definition) is 2. The lowest BCUT2D eigenvalue weighted by atomic mass is 10.1. The summed E-state index contributed by atoms with van der Waals surface area (Å²) in [6, 6.07) is 3.79. The quantitative estimate of drug-likeness (QED) is 0.732. The fourth-order valence-electron chi connectivity index (χ4n) is 2.35. The van der Waals surface area contributed by atoms with E-state index >= 15 is 0 Å². The number of aryl methyl sites for hydroxylation is 1. The molecule has 2 rings (SSSR count). The molecule has 0 spiro atoms. The molecule has 0 aliphatic heterocycles. The Labute approximate surface area is 127 Å². The molecule has 1 saturated carbocycles. The summed E-state index contributed by atoms with van der Waals surface area (Å²) < 4.78 is 0. The SMILES string of the molecule is CCCNc1cc(C(=O)NCCC2CC2)cc(CCC)n1. The van der Waals surface area contributed by atoms with E-state index < -0.39 is 0 Å². The third kappa shape index (κ3) is 5.37. The molecule has 1 aliphatic carbocycles. The van der Waals surface area contributed by atoms with Gasteiger partial charge in [0.25, 0.3) is 5.91 Å². The van der Waals surface area contributed by atoms with Crippen molar-refractivity contribution in [3.63, 3.8) is 0 Å². The Morgan fingerprint density at radius 3 is 2.71 bits per heavy atom. The Balaban J connectivity index is 1.99. The Morgan fingerprint density at radius 1 is 1.24 bits per heavy atom. The van der Waals surface area contributed by atoms with Gasteiger partial charge in [-0.2, -0.15) is 0 Å². The van der Waals surface area contributed by atoms with Gasteiger partial charge in [0.05, 0.1) is 0 Å². The molecular formula is C17H27N3O. The molecule has 0 bridgehead atoms. The van der Waals surface area contributed by atoms with Crippen molar-refractivity contribution in [1.82, 2.24) is 10.3 Å². The first-order chi connectivity index (χ1) is 10.2. The molecule has 1 aliphatic rings. The lowest BCUT2D eigenvalue weighted by molar-refractivity contribution is 0.0952. The van der Waals surface area contributed by atoms with E-state index in [1.165, 1.54) is 12.8 Å². The van der Waals surface area contributed by atoms with E-state index in [-0.39, 0.29) is 5.91 Å². The van der Waals surface area contributed by atoms with Crippen molar-refractivity contribution in [3.8, 4) is 0 Å². The Hall–Kier alpha value is -1.58. The van der Waals surface area contributed by atoms with Gasteiger partial charge in [-0.1, -0.05) is 33.1 Å². The molecule has 4 nitrogen and oxygen atoms in total. The smallest absolute Gasteiger partial charge is 0.251 e. The number of pyridine rings is 1. The van der Waals surface area contributed by atoms with Gasteiger partial charge in [-0.05, 0) is 37.3 Å². The molecule has 0 aromatic carbocycles. The summed E-state index contributed by atoms with van der Waals surface area (Å²) in [6.45, 7) is 5.91. The summed E-state index contributed by atoms with van der Waals surface area (Å²) in [5.74, 6) is 1.69. The van der Waals surface area contributed by atoms with Gasteiger partial charge in [-0.3, -0.25) is 4.79 Å². The summed E-state index contributed by atoms with van der Waals surface area (Å²) in [5, 5.41) is 6.31. The molecule has 2 N–H and O–H groups in total. The number of amides is 1. The number of carbonyl (C=O) groups excluding carboxylic acids is 1. The zero-order chi connectivity index (χ0) is 15.1. The molecule has 21 heavy (non-hydrogen) atoms. The average molecular weight is 289 g/mol. The van der Waals surface area contributed by atoms with Crippen molar-refractivity contribution in [3.05, 3.63) is 23.4 Å². The van der Waals surface area contributed by atoms with Crippen LogP contribution in [0.15, 0.2) is 12.1 Å². The van der Waals surface area contributed by atoms with Crippen molar-refractivity contribution >= 4 is 11.7 Å². The highest BCUT2D eigenvalue weighted by molar-refractivity contribution is 5.95. The number of anilines is 1. The van der Waals surface area contributed by atoms with Crippen LogP contribution in [0.3, 0.4) is 0 Å². The topological polar surface area (TPSA) is 54.0 Å². The van der Waals surface area contributed by atoms with Crippen LogP contribution in [0.4, 0.5) is 5.82 Å². The second-order valence-electron chi connectivity index (χ2n) is 5.90. The van der Waals surface area contributed by atoms with Crippen LogP contribution in [0.5, 0.6) is 0 Å². The van der Waals surface area contributed by atoms with E-state index in [2.05, 4.69) is 29.5 Å². The highest BCUT2D eigenvalue weighted by Gasteiger charge is 2.20. The molecule has 0 radical (unpaired) electrons. The van der Waals surface area contributed by atoms with Crippen LogP contribution >= 0.6 is 0 Å². The summed E-state index contributed by atoms with van der Waals surface area (Å²) in [4.78, 5) is 16.8. The van der Waals surface area contributed by atoms with Crippen LogP contribution in [0.25, 0.3) is 0 Å². The number of rotatable bonds is 9. The van der Waals surface area contributed by atoms with Crippen molar-refractivity contribution in [1.29, 1.82) is 0 Å². The van der Waals surface area contributed by atoms with E-state index in [1.807, 2.05) is 12.1 Å². The summed E-state index contributed by atoms with van der Waals surface area (Å²) in [5.41, 5.74) is 1.72. The third-order valence-electron chi connectivity index (χ3n) is 3.74. The van der Waals surface area contributed by atoms with Crippen LogP contribution < -0.4 is 10.6 Å². The first-order valence-electron chi connectivity index (χ1n) is 8.26. The first-order valence-corrected chi connectivity index (χ1v) is 8.26. The number of carbonyl (C=O) groups is 1. The van der Waals surface area contributed by atoms with Gasteiger partial charge in [0, 0.05) is 24.3 Å². The highest BCUT2D eigenvalue weighted by Crippen LogP contribution is 2.31. The van der Waals surface area contributed by atoms with Gasteiger partial charge in [0.1, 0.15) is 5.82 Å². The molecule has 0 saturated heterocycles. The van der Waals surface area contributed by atoms with Crippen LogP contribution in [0.1, 0.15) is 62.0 Å². The maximum Gasteiger partial charge on any atom is 0.251 e. The van der Waals surface area contributed by atoms with Gasteiger partial charge >= 0.3 is 0 Å². The van der Waals surface area contributed by atoms with Crippen molar-refractivity contribution in [2.24, 2.45) is 5.92 Å². The molecule has 1 amide bonds. The standard InChI is InChI=1S/C17H27N3O/c1-3-5-15-11-14(12-16(20-15)18-9-4-2)17(21)19-10-8-13-6-7-13/h11-13H,3-10H2,1-2H3,(H,18,20)(H,19,21). The maximum atomic E-state index is 12.3. The summed E-state index contributed by atoms with van der Waals surface area (Å²) >= 11 is 0. The predicted octanol–water partition coefficient (Wildman–Crippen LogP) is 3.39. The molecule has 1 aromatic heterocycles. The first kappa shape index (κ1) is 15.8. The molecule has 0 unspecified atom stereocenters. The van der Waals surface area contributed by atoms with Crippen molar-refractivity contribution < 1.29 is 4.79 Å². The molecule has 1 aromatic rings. The van der Waals surface area contributed by atoms with Gasteiger partial charge in [0.15, 0.2) is 0 Å². The van der Waals surface area contributed by atoms with E-state index in [0.29, 0.717) is 0 Å². The van der Waals surface area contributed by atoms with Crippen LogP contribution in [0, 0.1) is 5.92 Å². The van der Waals surface area contributed by atoms with Gasteiger partial charge in [0.2, 0.25) is 0 Å². The fourth-order valence-corrected chi connectivity index (χ4v) is 2.35. The molecule has 116 valence electrons. The van der Waals surface area contributed by atoms with Crippen molar-refractivity contribution in [2.75, 3.05) is 18.4 Å². The van der Waals surface area contributed by atoms with Crippen molar-refractivity contribution in [2.45, 2.75) is 52.4 Å². The zero-order valence-corrected chi connectivity index (χ0v) is 13.2. The minimum absolute atomic E-state index is 0.0231. The van der Waals surface area contributed by atoms with E-state index in [0.717, 1.165) is 61.8 Å². The van der Waals surface area contributed by atoms with E-state index in [1.54, 1.807) is 0 Å². The van der Waals surface area contributed by atoms with Gasteiger partial charge in [-0.25, -0.2) is 4.98 Å². The predicted molar refractivity (Wildman–Crippen MR) is 86.7 cm³/mol. The summed E-state index contributed by atoms with van der Waals surface area (Å²) in [7, 11) is 0. The second kappa shape index (κ2) is 8.01. The molecular weight excluding hydrogens is 262 g/mol. The Kier molecular flexibility index (Phi) is 6.03. The number of nitrogens with zero attached hydrogens (tertiary/aromatic N) is 1.